The minimum atomic E-state index is -0.268. The highest BCUT2D eigenvalue weighted by Crippen LogP contribution is 2.15. The Bertz CT molecular complexity index is 572. The van der Waals surface area contributed by atoms with Crippen molar-refractivity contribution >= 4 is 0 Å². The maximum absolute atomic E-state index is 10.2. The Morgan fingerprint density at radius 1 is 0.950 bits per heavy atom. The molecule has 2 aromatic carbocycles. The van der Waals surface area contributed by atoms with Gasteiger partial charge in [-0.1, -0.05) is 53.6 Å². The average Bonchev–Trinajstić information content (AvgIpc) is 2.41. The first-order chi connectivity index (χ1) is 9.54. The maximum atomic E-state index is 10.2. The van der Waals surface area contributed by atoms with Crippen molar-refractivity contribution in [3.63, 3.8) is 0 Å². The predicted octanol–water partition coefficient (Wildman–Crippen LogP) is 4.15. The monoisotopic (exact) mass is 268 g/mol. The lowest BCUT2D eigenvalue weighted by atomic mass is 9.97. The maximum Gasteiger partial charge on any atom is 0.0583 e. The van der Waals surface area contributed by atoms with E-state index in [0.29, 0.717) is 0 Å². The van der Waals surface area contributed by atoms with Gasteiger partial charge in [0.05, 0.1) is 6.10 Å². The number of aryl methyl sites for hydroxylation is 4. The Morgan fingerprint density at radius 2 is 1.70 bits per heavy atom. The summed E-state index contributed by atoms with van der Waals surface area (Å²) >= 11 is 0. The molecule has 1 nitrogen and oxygen atoms in total. The summed E-state index contributed by atoms with van der Waals surface area (Å²) in [7, 11) is 0. The summed E-state index contributed by atoms with van der Waals surface area (Å²) in [4.78, 5) is 0. The van der Waals surface area contributed by atoms with Gasteiger partial charge in [0.15, 0.2) is 0 Å². The molecule has 2 rings (SSSR count). The summed E-state index contributed by atoms with van der Waals surface area (Å²) in [6, 6.07) is 15.0. The molecule has 1 atom stereocenters. The molecule has 0 aromatic heterocycles. The molecule has 0 aliphatic carbocycles. The van der Waals surface area contributed by atoms with E-state index >= 15 is 0 Å². The predicted molar refractivity (Wildman–Crippen MR) is 85.1 cm³/mol. The fourth-order valence-corrected chi connectivity index (χ4v) is 2.58. The van der Waals surface area contributed by atoms with Crippen molar-refractivity contribution in [3.05, 3.63) is 70.3 Å². The second-order valence-corrected chi connectivity index (χ2v) is 5.82. The van der Waals surface area contributed by atoms with Crippen LogP contribution in [0.2, 0.25) is 0 Å². The quantitative estimate of drug-likeness (QED) is 0.863. The van der Waals surface area contributed by atoms with Crippen LogP contribution in [0, 0.1) is 20.8 Å². The van der Waals surface area contributed by atoms with Crippen LogP contribution in [0.5, 0.6) is 0 Å². The molecule has 0 aliphatic rings. The second-order valence-electron chi connectivity index (χ2n) is 5.82. The van der Waals surface area contributed by atoms with Crippen LogP contribution >= 0.6 is 0 Å². The second kappa shape index (κ2) is 6.71. The number of aliphatic hydroxyl groups is 1. The molecule has 0 saturated heterocycles. The Kier molecular flexibility index (Phi) is 4.97. The zero-order valence-corrected chi connectivity index (χ0v) is 12.7. The molecule has 2 aromatic rings. The van der Waals surface area contributed by atoms with Gasteiger partial charge in [-0.25, -0.2) is 0 Å². The van der Waals surface area contributed by atoms with Crippen LogP contribution < -0.4 is 0 Å². The zero-order valence-electron chi connectivity index (χ0n) is 12.7. The summed E-state index contributed by atoms with van der Waals surface area (Å²) in [5, 5.41) is 10.2. The lowest BCUT2D eigenvalue weighted by Gasteiger charge is -2.13. The standard InChI is InChI=1S/C19H24O/c1-14-5-4-6-17(11-14)9-10-19(20)13-18-12-15(2)7-8-16(18)3/h4-8,11-12,19-20H,9-10,13H2,1-3H3. The van der Waals surface area contributed by atoms with E-state index < -0.39 is 0 Å². The zero-order chi connectivity index (χ0) is 14.5. The fraction of sp³-hybridized carbons (Fsp3) is 0.368. The largest absolute Gasteiger partial charge is 0.393 e. The Labute approximate surface area is 122 Å². The molecule has 0 saturated carbocycles. The molecule has 0 fully saturated rings. The van der Waals surface area contributed by atoms with Gasteiger partial charge >= 0.3 is 0 Å². The van der Waals surface area contributed by atoms with Crippen molar-refractivity contribution in [2.45, 2.75) is 46.1 Å². The van der Waals surface area contributed by atoms with Crippen LogP contribution in [0.3, 0.4) is 0 Å². The molecule has 0 aliphatic heterocycles. The molecule has 20 heavy (non-hydrogen) atoms. The molecule has 106 valence electrons. The molecule has 1 heteroatoms. The van der Waals surface area contributed by atoms with E-state index in [-0.39, 0.29) is 6.10 Å². The third-order valence-corrected chi connectivity index (χ3v) is 3.81. The summed E-state index contributed by atoms with van der Waals surface area (Å²) in [5.74, 6) is 0. The number of hydrogen-bond acceptors (Lipinski definition) is 1. The van der Waals surface area contributed by atoms with Crippen LogP contribution in [0.4, 0.5) is 0 Å². The van der Waals surface area contributed by atoms with E-state index in [4.69, 9.17) is 0 Å². The molecular formula is C19H24O. The minimum absolute atomic E-state index is 0.268. The summed E-state index contributed by atoms with van der Waals surface area (Å²) in [5.41, 5.74) is 6.39. The summed E-state index contributed by atoms with van der Waals surface area (Å²) in [6.07, 6.45) is 2.24. The Morgan fingerprint density at radius 3 is 2.45 bits per heavy atom. The van der Waals surface area contributed by atoms with E-state index in [2.05, 4.69) is 63.2 Å². The van der Waals surface area contributed by atoms with Crippen molar-refractivity contribution in [1.29, 1.82) is 0 Å². The van der Waals surface area contributed by atoms with Gasteiger partial charge in [-0.2, -0.15) is 0 Å². The smallest absolute Gasteiger partial charge is 0.0583 e. The topological polar surface area (TPSA) is 20.2 Å². The minimum Gasteiger partial charge on any atom is -0.393 e. The Balaban J connectivity index is 1.92. The third kappa shape index (κ3) is 4.21. The number of hydrogen-bond donors (Lipinski definition) is 1. The molecule has 1 N–H and O–H groups in total. The highest BCUT2D eigenvalue weighted by atomic mass is 16.3. The van der Waals surface area contributed by atoms with Gasteiger partial charge in [0.25, 0.3) is 0 Å². The normalized spacial score (nSPS) is 12.4. The number of rotatable bonds is 5. The molecule has 0 spiro atoms. The molecule has 1 unspecified atom stereocenters. The summed E-state index contributed by atoms with van der Waals surface area (Å²) < 4.78 is 0. The van der Waals surface area contributed by atoms with Gasteiger partial charge in [0, 0.05) is 0 Å². The summed E-state index contributed by atoms with van der Waals surface area (Å²) in [6.45, 7) is 6.32. The highest BCUT2D eigenvalue weighted by molar-refractivity contribution is 5.31. The van der Waals surface area contributed by atoms with Gasteiger partial charge < -0.3 is 5.11 Å². The van der Waals surface area contributed by atoms with Gasteiger partial charge in [-0.15, -0.1) is 0 Å². The van der Waals surface area contributed by atoms with E-state index in [1.54, 1.807) is 0 Å². The van der Waals surface area contributed by atoms with E-state index in [1.165, 1.54) is 27.8 Å². The van der Waals surface area contributed by atoms with Gasteiger partial charge in [0.2, 0.25) is 0 Å². The van der Waals surface area contributed by atoms with Crippen molar-refractivity contribution < 1.29 is 5.11 Å². The molecule has 0 bridgehead atoms. The molecular weight excluding hydrogens is 244 g/mol. The van der Waals surface area contributed by atoms with E-state index in [0.717, 1.165) is 19.3 Å². The Hall–Kier alpha value is -1.60. The molecule has 0 amide bonds. The van der Waals surface area contributed by atoms with Crippen LogP contribution in [0.25, 0.3) is 0 Å². The first kappa shape index (κ1) is 14.8. The fourth-order valence-electron chi connectivity index (χ4n) is 2.58. The van der Waals surface area contributed by atoms with E-state index in [1.807, 2.05) is 0 Å². The molecule has 0 radical (unpaired) electrons. The number of benzene rings is 2. The number of aliphatic hydroxyl groups excluding tert-OH is 1. The van der Waals surface area contributed by atoms with Gasteiger partial charge in [-0.3, -0.25) is 0 Å². The van der Waals surface area contributed by atoms with Crippen molar-refractivity contribution in [2.75, 3.05) is 0 Å². The van der Waals surface area contributed by atoms with Crippen LogP contribution in [-0.2, 0) is 12.8 Å². The average molecular weight is 268 g/mol. The lowest BCUT2D eigenvalue weighted by Crippen LogP contribution is -2.12. The first-order valence-electron chi connectivity index (χ1n) is 7.34. The van der Waals surface area contributed by atoms with Crippen LogP contribution in [0.15, 0.2) is 42.5 Å². The molecule has 0 heterocycles. The van der Waals surface area contributed by atoms with Crippen molar-refractivity contribution in [3.8, 4) is 0 Å². The van der Waals surface area contributed by atoms with Crippen molar-refractivity contribution in [2.24, 2.45) is 0 Å². The SMILES string of the molecule is Cc1cccc(CCC(O)Cc2cc(C)ccc2C)c1. The highest BCUT2D eigenvalue weighted by Gasteiger charge is 2.08. The van der Waals surface area contributed by atoms with Crippen molar-refractivity contribution in [1.82, 2.24) is 0 Å². The van der Waals surface area contributed by atoms with Crippen LogP contribution in [0.1, 0.15) is 34.2 Å². The third-order valence-electron chi connectivity index (χ3n) is 3.81. The van der Waals surface area contributed by atoms with Gasteiger partial charge in [0.1, 0.15) is 0 Å². The first-order valence-corrected chi connectivity index (χ1v) is 7.34. The van der Waals surface area contributed by atoms with Crippen LogP contribution in [-0.4, -0.2) is 11.2 Å². The van der Waals surface area contributed by atoms with E-state index in [9.17, 15) is 5.11 Å². The lowest BCUT2D eigenvalue weighted by molar-refractivity contribution is 0.165. The van der Waals surface area contributed by atoms with Gasteiger partial charge in [-0.05, 0) is 56.7 Å².